The van der Waals surface area contributed by atoms with E-state index in [2.05, 4.69) is 15.2 Å². The van der Waals surface area contributed by atoms with Gasteiger partial charge in [0.1, 0.15) is 18.5 Å². The van der Waals surface area contributed by atoms with Gasteiger partial charge in [0.15, 0.2) is 16.8 Å². The third-order valence-corrected chi connectivity index (χ3v) is 7.22. The maximum absolute atomic E-state index is 12.7. The fourth-order valence-corrected chi connectivity index (χ4v) is 4.80. The van der Waals surface area contributed by atoms with Crippen LogP contribution in [0.1, 0.15) is 12.5 Å². The highest BCUT2D eigenvalue weighted by Crippen LogP contribution is 2.31. The molecule has 210 valence electrons. The van der Waals surface area contributed by atoms with Crippen molar-refractivity contribution < 1.29 is 41.5 Å². The van der Waals surface area contributed by atoms with E-state index in [1.807, 2.05) is 6.92 Å². The summed E-state index contributed by atoms with van der Waals surface area (Å²) in [6.07, 6.45) is 0.567. The zero-order valence-corrected chi connectivity index (χ0v) is 22.3. The molecule has 2 heterocycles. The molecule has 3 aromatic rings. The Hall–Kier alpha value is -3.01. The Labute approximate surface area is 225 Å². The average Bonchev–Trinajstić information content (AvgIpc) is 3.42. The molecule has 39 heavy (non-hydrogen) atoms. The van der Waals surface area contributed by atoms with E-state index in [9.17, 15) is 17.7 Å². The van der Waals surface area contributed by atoms with Gasteiger partial charge in [-0.2, -0.15) is 0 Å². The van der Waals surface area contributed by atoms with Crippen LogP contribution in [0.4, 0.5) is 13.2 Å². The van der Waals surface area contributed by atoms with Gasteiger partial charge in [-0.05, 0) is 36.8 Å². The van der Waals surface area contributed by atoms with Crippen molar-refractivity contribution in [3.05, 3.63) is 60.4 Å². The van der Waals surface area contributed by atoms with E-state index in [1.54, 1.807) is 38.5 Å². The minimum Gasteiger partial charge on any atom is -0.604 e. The van der Waals surface area contributed by atoms with Gasteiger partial charge in [-0.25, -0.2) is 9.67 Å². The van der Waals surface area contributed by atoms with Crippen LogP contribution in [0, 0.1) is 0 Å². The minimum atomic E-state index is -4.82. The van der Waals surface area contributed by atoms with Crippen LogP contribution < -0.4 is 0 Å². The first-order valence-corrected chi connectivity index (χ1v) is 12.9. The van der Waals surface area contributed by atoms with Crippen LogP contribution in [0.15, 0.2) is 64.9 Å². The van der Waals surface area contributed by atoms with Crippen molar-refractivity contribution in [3.8, 4) is 17.1 Å². The quantitative estimate of drug-likeness (QED) is 0.218. The molecule has 0 amide bonds. The molecule has 1 saturated heterocycles. The molecule has 1 aliphatic rings. The molecule has 0 bridgehead atoms. The second kappa shape index (κ2) is 12.4. The van der Waals surface area contributed by atoms with Gasteiger partial charge in [0, 0.05) is 26.9 Å². The van der Waals surface area contributed by atoms with Crippen molar-refractivity contribution >= 4 is 17.4 Å². The van der Waals surface area contributed by atoms with Crippen LogP contribution in [0.2, 0.25) is 0 Å². The molecule has 0 spiro atoms. The lowest BCUT2D eigenvalue weighted by atomic mass is 9.99. The molecule has 10 nitrogen and oxygen atoms in total. The normalized spacial score (nSPS) is 24.7. The number of aromatic nitrogens is 3. The summed E-state index contributed by atoms with van der Waals surface area (Å²) in [6, 6.07) is 12.3. The van der Waals surface area contributed by atoms with Crippen molar-refractivity contribution in [2.24, 2.45) is 5.16 Å². The van der Waals surface area contributed by atoms with E-state index < -0.39 is 35.2 Å². The first-order valence-electron chi connectivity index (χ1n) is 11.7. The van der Waals surface area contributed by atoms with Gasteiger partial charge in [0.2, 0.25) is 0 Å². The third-order valence-electron chi connectivity index (χ3n) is 6.10. The lowest BCUT2D eigenvalue weighted by Gasteiger charge is -2.42. The molecule has 0 saturated carbocycles. The Balaban J connectivity index is 1.39. The van der Waals surface area contributed by atoms with E-state index >= 15 is 0 Å². The van der Waals surface area contributed by atoms with Crippen LogP contribution in [-0.2, 0) is 35.0 Å². The smallest absolute Gasteiger partial charge is 0.578 e. The Morgan fingerprint density at radius 2 is 1.62 bits per heavy atom. The van der Waals surface area contributed by atoms with Crippen molar-refractivity contribution in [1.29, 1.82) is 0 Å². The Morgan fingerprint density at radius 1 is 0.974 bits per heavy atom. The molecule has 6 atom stereocenters. The number of nitrogens with zero attached hydrogens (tertiary/aromatic N) is 4. The number of hydrogen-bond acceptors (Lipinski definition) is 9. The number of ether oxygens (including phenoxy) is 4. The van der Waals surface area contributed by atoms with E-state index in [1.165, 1.54) is 36.5 Å². The van der Waals surface area contributed by atoms with Crippen molar-refractivity contribution in [3.63, 3.8) is 0 Å². The van der Waals surface area contributed by atoms with Gasteiger partial charge in [0.05, 0.1) is 29.2 Å². The molecule has 1 aromatic heterocycles. The van der Waals surface area contributed by atoms with Gasteiger partial charge in [-0.3, -0.25) is 0 Å². The number of alkyl halides is 3. The molecule has 0 N–H and O–H groups in total. The average molecular weight is 569 g/mol. The maximum atomic E-state index is 12.7. The number of hydrogen-bond donors (Lipinski definition) is 0. The molecule has 4 rings (SSSR count). The monoisotopic (exact) mass is 568 g/mol. The molecule has 14 heteroatoms. The summed E-state index contributed by atoms with van der Waals surface area (Å²) in [7, 11) is 4.68. The molecule has 1 unspecified atom stereocenters. The largest absolute Gasteiger partial charge is 0.604 e. The van der Waals surface area contributed by atoms with E-state index in [4.69, 9.17) is 23.8 Å². The second-order valence-electron chi connectivity index (χ2n) is 8.49. The fourth-order valence-electron chi connectivity index (χ4n) is 4.14. The van der Waals surface area contributed by atoms with Crippen LogP contribution in [-0.4, -0.2) is 83.1 Å². The van der Waals surface area contributed by atoms with Crippen molar-refractivity contribution in [1.82, 2.24) is 14.8 Å². The van der Waals surface area contributed by atoms with Gasteiger partial charge >= 0.3 is 5.51 Å². The van der Waals surface area contributed by atoms with E-state index in [0.717, 1.165) is 17.7 Å². The highest BCUT2D eigenvalue weighted by Gasteiger charge is 2.47. The first kappa shape index (κ1) is 29.0. The standard InChI is InChI=1S/C25H27F3N4O6S/c1-15-20(34-2)21(35-3)22(36-4)24(37-15)38-30-13-16-5-7-17(8-6-16)23-29-14-32(31-23)18-9-11-19(12-10-18)39(33)25(26,27)28/h5-15,20-22,24H,1-4H3/b30-13+/t15-,20-,21+,22+,24-,39?/m0/s1. The predicted molar refractivity (Wildman–Crippen MR) is 135 cm³/mol. The summed E-state index contributed by atoms with van der Waals surface area (Å²) in [5.74, 6) is 0.406. The highest BCUT2D eigenvalue weighted by molar-refractivity contribution is 7.92. The summed E-state index contributed by atoms with van der Waals surface area (Å²) >= 11 is -3.09. The number of halogens is 3. The van der Waals surface area contributed by atoms with Crippen LogP contribution in [0.25, 0.3) is 17.1 Å². The van der Waals surface area contributed by atoms with Gasteiger partial charge in [-0.1, -0.05) is 29.4 Å². The Bertz CT molecular complexity index is 1240. The lowest BCUT2D eigenvalue weighted by molar-refractivity contribution is -0.305. The maximum Gasteiger partial charge on any atom is 0.578 e. The molecule has 2 aromatic carbocycles. The highest BCUT2D eigenvalue weighted by atomic mass is 32.2. The summed E-state index contributed by atoms with van der Waals surface area (Å²) in [5, 5.41) is 8.42. The lowest BCUT2D eigenvalue weighted by Crippen LogP contribution is -2.59. The van der Waals surface area contributed by atoms with E-state index in [-0.39, 0.29) is 17.1 Å². The van der Waals surface area contributed by atoms with Crippen molar-refractivity contribution in [2.45, 2.75) is 48.0 Å². The number of oxime groups is 1. The predicted octanol–water partition coefficient (Wildman–Crippen LogP) is 3.70. The zero-order chi connectivity index (χ0) is 28.2. The molecule has 0 aliphatic carbocycles. The number of benzene rings is 2. The molecule has 0 radical (unpaired) electrons. The van der Waals surface area contributed by atoms with Crippen LogP contribution in [0.5, 0.6) is 0 Å². The van der Waals surface area contributed by atoms with Gasteiger partial charge < -0.3 is 28.3 Å². The Morgan fingerprint density at radius 3 is 2.21 bits per heavy atom. The summed E-state index contributed by atoms with van der Waals surface area (Å²) in [4.78, 5) is 9.50. The minimum absolute atomic E-state index is 0.306. The first-order chi connectivity index (χ1) is 18.7. The van der Waals surface area contributed by atoms with Gasteiger partial charge in [-0.15, -0.1) is 18.3 Å². The summed E-state index contributed by atoms with van der Waals surface area (Å²) in [6.45, 7) is 1.85. The van der Waals surface area contributed by atoms with Crippen LogP contribution in [0.3, 0.4) is 0 Å². The summed E-state index contributed by atoms with van der Waals surface area (Å²) < 4.78 is 73.3. The topological polar surface area (TPSA) is 112 Å². The third kappa shape index (κ3) is 6.59. The van der Waals surface area contributed by atoms with Crippen LogP contribution >= 0.6 is 0 Å². The van der Waals surface area contributed by atoms with Gasteiger partial charge in [0.25, 0.3) is 6.29 Å². The van der Waals surface area contributed by atoms with Crippen molar-refractivity contribution in [2.75, 3.05) is 21.3 Å². The number of methoxy groups -OCH3 is 3. The Kier molecular flexibility index (Phi) is 9.25. The van der Waals surface area contributed by atoms with E-state index in [0.29, 0.717) is 17.1 Å². The molecule has 1 fully saturated rings. The molecular weight excluding hydrogens is 541 g/mol. The number of rotatable bonds is 9. The second-order valence-corrected chi connectivity index (χ2v) is 9.97. The molecular formula is C25H27F3N4O6S. The SMILES string of the molecule is CO[C@@H]1[C@@H](OC)[C@H](C)O[C@@H](O/N=C/c2ccc(-c3ncn(-c4ccc([S+]([O-])C(F)(F)F)cc4)n3)cc2)[C@@H]1OC. The summed E-state index contributed by atoms with van der Waals surface area (Å²) in [5.41, 5.74) is -2.90. The zero-order valence-electron chi connectivity index (χ0n) is 21.4. The molecule has 1 aliphatic heterocycles. The fraction of sp³-hybridized carbons (Fsp3) is 0.400.